The Bertz CT molecular complexity index is 1110. The van der Waals surface area contributed by atoms with Crippen LogP contribution in [0, 0.1) is 0 Å². The molecule has 0 spiro atoms. The van der Waals surface area contributed by atoms with Gasteiger partial charge in [0, 0.05) is 17.8 Å². The van der Waals surface area contributed by atoms with E-state index in [-0.39, 0.29) is 16.9 Å². The first-order valence-corrected chi connectivity index (χ1v) is 14.3. The van der Waals surface area contributed by atoms with Gasteiger partial charge in [0.1, 0.15) is 5.75 Å². The zero-order chi connectivity index (χ0) is 29.4. The molecule has 0 saturated heterocycles. The number of amides is 2. The number of nitrogens with zero attached hydrogens (tertiary/aromatic N) is 1. The molecule has 39 heavy (non-hydrogen) atoms. The smallest absolute Gasteiger partial charge is 0.347 e. The van der Waals surface area contributed by atoms with E-state index in [1.807, 2.05) is 23.1 Å². The Balaban J connectivity index is 2.40. The molecule has 2 aromatic carbocycles. The van der Waals surface area contributed by atoms with Gasteiger partial charge in [-0.15, -0.1) is 0 Å². The topological polar surface area (TPSA) is 78.9 Å². The van der Waals surface area contributed by atoms with Gasteiger partial charge < -0.3 is 20.1 Å². The maximum Gasteiger partial charge on any atom is 0.347 e. The van der Waals surface area contributed by atoms with Gasteiger partial charge >= 0.3 is 12.0 Å². The number of hydrogen-bond donors (Lipinski definition) is 2. The van der Waals surface area contributed by atoms with Crippen molar-refractivity contribution in [2.24, 2.45) is 0 Å². The maximum atomic E-state index is 13.9. The minimum atomic E-state index is -1.39. The number of carbonyl (C=O) groups is 2. The maximum absolute atomic E-state index is 13.9. The summed E-state index contributed by atoms with van der Waals surface area (Å²) in [4.78, 5) is 27.4. The second kappa shape index (κ2) is 13.4. The molecule has 2 amide bonds. The molecule has 0 aliphatic rings. The summed E-state index contributed by atoms with van der Waals surface area (Å²) in [5, 5.41) is 12.8. The number of carbonyl (C=O) groups excluding carboxylic acids is 1. The van der Waals surface area contributed by atoms with Crippen LogP contribution in [-0.4, -0.2) is 34.2 Å². The van der Waals surface area contributed by atoms with E-state index in [4.69, 9.17) is 4.74 Å². The molecule has 6 nitrogen and oxygen atoms in total. The zero-order valence-electron chi connectivity index (χ0n) is 25.6. The fourth-order valence-electron chi connectivity index (χ4n) is 4.38. The van der Waals surface area contributed by atoms with Gasteiger partial charge in [0.25, 0.3) is 0 Å². The number of carboxylic acids is 1. The number of para-hydroxylation sites is 1. The number of hydrogen-bond acceptors (Lipinski definition) is 3. The van der Waals surface area contributed by atoms with Crippen LogP contribution in [0.3, 0.4) is 0 Å². The lowest BCUT2D eigenvalue weighted by molar-refractivity contribution is -0.152. The van der Waals surface area contributed by atoms with Crippen molar-refractivity contribution in [1.82, 2.24) is 4.90 Å². The van der Waals surface area contributed by atoms with E-state index in [2.05, 4.69) is 72.0 Å². The molecule has 2 rings (SSSR count). The third-order valence-corrected chi connectivity index (χ3v) is 6.97. The highest BCUT2D eigenvalue weighted by Crippen LogP contribution is 2.34. The molecular formula is C33H50N2O4. The summed E-state index contributed by atoms with van der Waals surface area (Å²) in [6.45, 7) is 19.1. The van der Waals surface area contributed by atoms with Crippen LogP contribution in [0.1, 0.15) is 111 Å². The summed E-state index contributed by atoms with van der Waals surface area (Å²) in [6, 6.07) is 13.6. The van der Waals surface area contributed by atoms with E-state index in [0.717, 1.165) is 48.1 Å². The lowest BCUT2D eigenvalue weighted by Crippen LogP contribution is -2.39. The fourth-order valence-corrected chi connectivity index (χ4v) is 4.38. The van der Waals surface area contributed by atoms with Crippen molar-refractivity contribution in [3.05, 3.63) is 59.2 Å². The summed E-state index contributed by atoms with van der Waals surface area (Å²) in [6.07, 6.45) is 5.43. The molecule has 6 heteroatoms. The predicted octanol–water partition coefficient (Wildman–Crippen LogP) is 8.53. The Morgan fingerprint density at radius 2 is 1.51 bits per heavy atom. The number of aliphatic carboxylic acids is 1. The van der Waals surface area contributed by atoms with Crippen molar-refractivity contribution >= 4 is 17.7 Å². The van der Waals surface area contributed by atoms with Crippen molar-refractivity contribution in [2.75, 3.05) is 11.9 Å². The van der Waals surface area contributed by atoms with Crippen molar-refractivity contribution in [1.29, 1.82) is 0 Å². The standard InChI is InChI=1S/C33H50N2O4/c1-10-11-12-13-16-21-35(23-24-17-14-15-18-28(24)39-33(8,9)29(36)37)30(38)34-27-22-25(31(2,3)4)19-20-26(27)32(5,6)7/h14-15,17-20,22H,10-13,16,21,23H2,1-9H3,(H,34,38)(H,36,37). The Kier molecular flexibility index (Phi) is 11.0. The zero-order valence-corrected chi connectivity index (χ0v) is 25.6. The summed E-state index contributed by atoms with van der Waals surface area (Å²) in [5.41, 5.74) is 2.25. The molecule has 0 radical (unpaired) electrons. The second-order valence-corrected chi connectivity index (χ2v) is 13.1. The van der Waals surface area contributed by atoms with Gasteiger partial charge in [0.05, 0.1) is 6.54 Å². The number of benzene rings is 2. The number of carboxylic acid groups (broad SMARTS) is 1. The molecule has 2 aromatic rings. The first kappa shape index (κ1) is 32.2. The Morgan fingerprint density at radius 1 is 0.872 bits per heavy atom. The summed E-state index contributed by atoms with van der Waals surface area (Å²) < 4.78 is 5.91. The SMILES string of the molecule is CCCCCCCN(Cc1ccccc1OC(C)(C)C(=O)O)C(=O)Nc1cc(C(C)(C)C)ccc1C(C)(C)C. The highest BCUT2D eigenvalue weighted by atomic mass is 16.5. The van der Waals surface area contributed by atoms with Crippen LogP contribution in [0.2, 0.25) is 0 Å². The highest BCUT2D eigenvalue weighted by Gasteiger charge is 2.31. The first-order chi connectivity index (χ1) is 18.1. The van der Waals surface area contributed by atoms with Crippen LogP contribution in [0.15, 0.2) is 42.5 Å². The quantitative estimate of drug-likeness (QED) is 0.265. The van der Waals surface area contributed by atoms with Gasteiger partial charge in [-0.1, -0.05) is 104 Å². The molecule has 0 aromatic heterocycles. The van der Waals surface area contributed by atoms with Crippen LogP contribution in [0.25, 0.3) is 0 Å². The predicted molar refractivity (Wildman–Crippen MR) is 161 cm³/mol. The molecule has 0 saturated carbocycles. The second-order valence-electron chi connectivity index (χ2n) is 13.1. The molecule has 0 heterocycles. The number of unbranched alkanes of at least 4 members (excludes halogenated alkanes) is 4. The van der Waals surface area contributed by atoms with Crippen molar-refractivity contribution in [2.45, 2.75) is 117 Å². The third kappa shape index (κ3) is 9.59. The first-order valence-electron chi connectivity index (χ1n) is 14.3. The van der Waals surface area contributed by atoms with Gasteiger partial charge in [0.15, 0.2) is 5.60 Å². The van der Waals surface area contributed by atoms with Crippen LogP contribution in [-0.2, 0) is 22.2 Å². The number of anilines is 1. The summed E-state index contributed by atoms with van der Waals surface area (Å²) in [7, 11) is 0. The van der Waals surface area contributed by atoms with Crippen LogP contribution in [0.4, 0.5) is 10.5 Å². The fraction of sp³-hybridized carbons (Fsp3) is 0.576. The lowest BCUT2D eigenvalue weighted by atomic mass is 9.81. The van der Waals surface area contributed by atoms with Gasteiger partial charge in [-0.25, -0.2) is 9.59 Å². The Morgan fingerprint density at radius 3 is 2.10 bits per heavy atom. The molecule has 0 aliphatic heterocycles. The van der Waals surface area contributed by atoms with Gasteiger partial charge in [-0.2, -0.15) is 0 Å². The molecular weight excluding hydrogens is 488 g/mol. The van der Waals surface area contributed by atoms with E-state index in [1.54, 1.807) is 6.07 Å². The number of rotatable bonds is 12. The summed E-state index contributed by atoms with van der Waals surface area (Å²) in [5.74, 6) is -0.574. The molecule has 0 atom stereocenters. The van der Waals surface area contributed by atoms with Gasteiger partial charge in [-0.05, 0) is 54.4 Å². The van der Waals surface area contributed by atoms with Crippen molar-refractivity contribution in [3.63, 3.8) is 0 Å². The third-order valence-electron chi connectivity index (χ3n) is 6.97. The minimum absolute atomic E-state index is 0.0535. The van der Waals surface area contributed by atoms with E-state index < -0.39 is 11.6 Å². The van der Waals surface area contributed by atoms with Crippen molar-refractivity contribution in [3.8, 4) is 5.75 Å². The molecule has 216 valence electrons. The van der Waals surface area contributed by atoms with Crippen LogP contribution in [0.5, 0.6) is 5.75 Å². The monoisotopic (exact) mass is 538 g/mol. The molecule has 0 bridgehead atoms. The lowest BCUT2D eigenvalue weighted by Gasteiger charge is -2.30. The Labute approximate surface area is 236 Å². The van der Waals surface area contributed by atoms with Gasteiger partial charge in [0.2, 0.25) is 0 Å². The van der Waals surface area contributed by atoms with E-state index in [0.29, 0.717) is 18.8 Å². The van der Waals surface area contributed by atoms with Crippen LogP contribution >= 0.6 is 0 Å². The average molecular weight is 539 g/mol. The molecule has 2 N–H and O–H groups in total. The van der Waals surface area contributed by atoms with E-state index in [1.165, 1.54) is 20.3 Å². The number of urea groups is 1. The molecule has 0 fully saturated rings. The highest BCUT2D eigenvalue weighted by molar-refractivity contribution is 5.90. The van der Waals surface area contributed by atoms with Crippen molar-refractivity contribution < 1.29 is 19.4 Å². The average Bonchev–Trinajstić information content (AvgIpc) is 2.82. The van der Waals surface area contributed by atoms with E-state index >= 15 is 0 Å². The Hall–Kier alpha value is -3.02. The molecule has 0 unspecified atom stereocenters. The molecule has 0 aliphatic carbocycles. The van der Waals surface area contributed by atoms with Crippen LogP contribution < -0.4 is 10.1 Å². The normalized spacial score (nSPS) is 12.2. The largest absolute Gasteiger partial charge is 0.478 e. The minimum Gasteiger partial charge on any atom is -0.478 e. The number of ether oxygens (including phenoxy) is 1. The van der Waals surface area contributed by atoms with E-state index in [9.17, 15) is 14.7 Å². The summed E-state index contributed by atoms with van der Waals surface area (Å²) >= 11 is 0. The van der Waals surface area contributed by atoms with Gasteiger partial charge in [-0.3, -0.25) is 0 Å². The number of nitrogens with one attached hydrogen (secondary N) is 1.